The first-order chi connectivity index (χ1) is 13.7. The molecule has 1 aromatic carbocycles. The van der Waals surface area contributed by atoms with Gasteiger partial charge in [0, 0.05) is 55.6 Å². The summed E-state index contributed by atoms with van der Waals surface area (Å²) in [5, 5.41) is 0.877. The molecule has 3 aliphatic heterocycles. The molecule has 3 heterocycles. The Kier molecular flexibility index (Phi) is 5.93. The van der Waals surface area contributed by atoms with Crippen molar-refractivity contribution in [2.75, 3.05) is 51.3 Å². The van der Waals surface area contributed by atoms with E-state index in [1.54, 1.807) is 0 Å². The molecule has 162 valence electrons. The highest BCUT2D eigenvalue weighted by Crippen LogP contribution is 2.37. The van der Waals surface area contributed by atoms with Crippen LogP contribution in [0.5, 0.6) is 0 Å². The van der Waals surface area contributed by atoms with Crippen molar-refractivity contribution in [1.29, 1.82) is 0 Å². The van der Waals surface area contributed by atoms with Crippen molar-refractivity contribution < 1.29 is 4.74 Å². The van der Waals surface area contributed by atoms with E-state index in [0.717, 1.165) is 37.9 Å². The summed E-state index contributed by atoms with van der Waals surface area (Å²) in [5.74, 6) is 1.34. The van der Waals surface area contributed by atoms with E-state index in [1.165, 1.54) is 37.2 Å². The number of piperidine rings is 1. The van der Waals surface area contributed by atoms with Gasteiger partial charge in [0.1, 0.15) is 0 Å². The molecule has 0 bridgehead atoms. The van der Waals surface area contributed by atoms with Crippen LogP contribution < -0.4 is 4.90 Å². The van der Waals surface area contributed by atoms with Crippen LogP contribution in [0.3, 0.4) is 0 Å². The number of fused-ring (bicyclic) bond motifs is 1. The number of halogens is 1. The van der Waals surface area contributed by atoms with Gasteiger partial charge in [0.05, 0.1) is 23.9 Å². The van der Waals surface area contributed by atoms with Crippen LogP contribution in [0.1, 0.15) is 46.1 Å². The minimum Gasteiger partial charge on any atom is -0.381 e. The van der Waals surface area contributed by atoms with Crippen molar-refractivity contribution in [3.8, 4) is 0 Å². The van der Waals surface area contributed by atoms with Crippen molar-refractivity contribution in [2.24, 2.45) is 11.8 Å². The van der Waals surface area contributed by atoms with Crippen molar-refractivity contribution in [1.82, 2.24) is 9.80 Å². The summed E-state index contributed by atoms with van der Waals surface area (Å²) in [6.07, 6.45) is 2.44. The zero-order valence-electron chi connectivity index (χ0n) is 18.9. The zero-order chi connectivity index (χ0) is 20.8. The molecule has 5 heteroatoms. The summed E-state index contributed by atoms with van der Waals surface area (Å²) >= 11 is 6.61. The highest BCUT2D eigenvalue weighted by Gasteiger charge is 2.38. The Labute approximate surface area is 182 Å². The van der Waals surface area contributed by atoms with E-state index in [1.807, 2.05) is 0 Å². The van der Waals surface area contributed by atoms with Crippen LogP contribution in [-0.4, -0.2) is 67.3 Å². The van der Waals surface area contributed by atoms with Gasteiger partial charge in [-0.15, -0.1) is 0 Å². The number of anilines is 1. The third-order valence-electron chi connectivity index (χ3n) is 7.72. The van der Waals surface area contributed by atoms with Crippen LogP contribution in [0.4, 0.5) is 5.69 Å². The lowest BCUT2D eigenvalue weighted by Crippen LogP contribution is -2.55. The molecule has 0 aromatic heterocycles. The Bertz CT molecular complexity index is 711. The van der Waals surface area contributed by atoms with Gasteiger partial charge in [0.15, 0.2) is 0 Å². The summed E-state index contributed by atoms with van der Waals surface area (Å²) in [6, 6.07) is 6.62. The van der Waals surface area contributed by atoms with Crippen molar-refractivity contribution >= 4 is 17.3 Å². The Balaban J connectivity index is 1.42. The molecule has 2 atom stereocenters. The van der Waals surface area contributed by atoms with Crippen molar-refractivity contribution in [2.45, 2.75) is 58.2 Å². The fourth-order valence-corrected chi connectivity index (χ4v) is 5.53. The molecule has 3 saturated heterocycles. The van der Waals surface area contributed by atoms with Crippen LogP contribution in [0.2, 0.25) is 5.02 Å². The van der Waals surface area contributed by atoms with Gasteiger partial charge in [-0.05, 0) is 65.3 Å². The van der Waals surface area contributed by atoms with E-state index >= 15 is 0 Å². The molecule has 3 fully saturated rings. The molecular formula is C24H38ClN3O. The Hall–Kier alpha value is -0.810. The zero-order valence-corrected chi connectivity index (χ0v) is 19.6. The standard InChI is InChI=1S/C24H38ClN3O/c1-23(2,3)28-10-8-24(4,9-11-28)26(5)13-18-6-7-21(25)22(12-18)27-14-19-16-29-17-20(19)15-27/h6-7,12,19-20H,8-11,13-17H2,1-5H3. The smallest absolute Gasteiger partial charge is 0.0639 e. The SMILES string of the molecule is CN(Cc1ccc(Cl)c(N2CC3COCC3C2)c1)C1(C)CCN(C(C)(C)C)CC1. The van der Waals surface area contributed by atoms with Gasteiger partial charge in [-0.3, -0.25) is 9.80 Å². The molecule has 29 heavy (non-hydrogen) atoms. The minimum atomic E-state index is 0.254. The van der Waals surface area contributed by atoms with E-state index in [-0.39, 0.29) is 11.1 Å². The molecule has 0 aliphatic carbocycles. The Morgan fingerprint density at radius 3 is 2.34 bits per heavy atom. The normalized spacial score (nSPS) is 27.6. The maximum Gasteiger partial charge on any atom is 0.0639 e. The average molecular weight is 420 g/mol. The summed E-state index contributed by atoms with van der Waals surface area (Å²) in [7, 11) is 2.29. The molecule has 1 aromatic rings. The van der Waals surface area contributed by atoms with Crippen LogP contribution in [0.25, 0.3) is 0 Å². The van der Waals surface area contributed by atoms with Crippen molar-refractivity contribution in [3.63, 3.8) is 0 Å². The maximum atomic E-state index is 6.61. The second kappa shape index (κ2) is 8.03. The first-order valence-corrected chi connectivity index (χ1v) is 11.6. The molecule has 0 N–H and O–H groups in total. The molecule has 3 aliphatic rings. The quantitative estimate of drug-likeness (QED) is 0.714. The number of benzene rings is 1. The highest BCUT2D eigenvalue weighted by atomic mass is 35.5. The van der Waals surface area contributed by atoms with Gasteiger partial charge < -0.3 is 9.64 Å². The molecule has 0 saturated carbocycles. The minimum absolute atomic E-state index is 0.254. The third kappa shape index (κ3) is 4.46. The van der Waals surface area contributed by atoms with E-state index in [4.69, 9.17) is 16.3 Å². The fraction of sp³-hybridized carbons (Fsp3) is 0.750. The van der Waals surface area contributed by atoms with Gasteiger partial charge in [-0.25, -0.2) is 0 Å². The van der Waals surface area contributed by atoms with Crippen LogP contribution in [0, 0.1) is 11.8 Å². The first-order valence-electron chi connectivity index (χ1n) is 11.2. The topological polar surface area (TPSA) is 19.0 Å². The van der Waals surface area contributed by atoms with Gasteiger partial charge in [0.2, 0.25) is 0 Å². The second-order valence-electron chi connectivity index (χ2n) is 10.8. The lowest BCUT2D eigenvalue weighted by molar-refractivity contribution is 0.0129. The molecule has 0 radical (unpaired) electrons. The molecule has 0 amide bonds. The third-order valence-corrected chi connectivity index (χ3v) is 8.04. The molecule has 0 spiro atoms. The number of nitrogens with zero attached hydrogens (tertiary/aromatic N) is 3. The lowest BCUT2D eigenvalue weighted by Gasteiger charge is -2.49. The summed E-state index contributed by atoms with van der Waals surface area (Å²) < 4.78 is 5.64. The monoisotopic (exact) mass is 419 g/mol. The van der Waals surface area contributed by atoms with Crippen LogP contribution in [-0.2, 0) is 11.3 Å². The summed E-state index contributed by atoms with van der Waals surface area (Å²) in [4.78, 5) is 7.66. The van der Waals surface area contributed by atoms with Crippen LogP contribution in [0.15, 0.2) is 18.2 Å². The van der Waals surface area contributed by atoms with E-state index in [9.17, 15) is 0 Å². The molecule has 4 rings (SSSR count). The van der Waals surface area contributed by atoms with Gasteiger partial charge in [0.25, 0.3) is 0 Å². The number of ether oxygens (including phenoxy) is 1. The number of likely N-dealkylation sites (tertiary alicyclic amines) is 1. The van der Waals surface area contributed by atoms with Crippen molar-refractivity contribution in [3.05, 3.63) is 28.8 Å². The molecular weight excluding hydrogens is 382 g/mol. The second-order valence-corrected chi connectivity index (χ2v) is 11.2. The predicted octanol–water partition coefficient (Wildman–Crippen LogP) is 4.51. The Morgan fingerprint density at radius 2 is 1.76 bits per heavy atom. The largest absolute Gasteiger partial charge is 0.381 e. The molecule has 2 unspecified atom stereocenters. The maximum absolute atomic E-state index is 6.61. The summed E-state index contributed by atoms with van der Waals surface area (Å²) in [6.45, 7) is 16.7. The average Bonchev–Trinajstić information content (AvgIpc) is 3.25. The van der Waals surface area contributed by atoms with Gasteiger partial charge >= 0.3 is 0 Å². The van der Waals surface area contributed by atoms with E-state index in [2.05, 4.69) is 67.6 Å². The van der Waals surface area contributed by atoms with E-state index in [0.29, 0.717) is 11.8 Å². The number of hydrogen-bond donors (Lipinski definition) is 0. The number of rotatable bonds is 4. The molecule has 4 nitrogen and oxygen atoms in total. The van der Waals surface area contributed by atoms with Crippen LogP contribution >= 0.6 is 11.6 Å². The van der Waals surface area contributed by atoms with E-state index < -0.39 is 0 Å². The lowest BCUT2D eigenvalue weighted by atomic mass is 9.85. The van der Waals surface area contributed by atoms with Gasteiger partial charge in [-0.2, -0.15) is 0 Å². The predicted molar refractivity (Wildman–Crippen MR) is 122 cm³/mol. The fourth-order valence-electron chi connectivity index (χ4n) is 5.29. The first kappa shape index (κ1) is 21.4. The highest BCUT2D eigenvalue weighted by molar-refractivity contribution is 6.33. The van der Waals surface area contributed by atoms with Gasteiger partial charge in [-0.1, -0.05) is 17.7 Å². The number of hydrogen-bond acceptors (Lipinski definition) is 4. The Morgan fingerprint density at radius 1 is 1.14 bits per heavy atom. The summed E-state index contributed by atoms with van der Waals surface area (Å²) in [5.41, 5.74) is 3.09.